The molecule has 0 saturated heterocycles. The SMILES string of the molecule is CC1C[C@@H]2C(CC[C@H]3C2CCC[C@@H]3C)[C@H](O)C1. The molecule has 1 nitrogen and oxygen atoms in total. The highest BCUT2D eigenvalue weighted by atomic mass is 16.3. The Labute approximate surface area is 106 Å². The molecule has 7 atom stereocenters. The van der Waals surface area contributed by atoms with Crippen LogP contribution in [0.25, 0.3) is 0 Å². The van der Waals surface area contributed by atoms with Crippen molar-refractivity contribution >= 4 is 0 Å². The first-order valence-corrected chi connectivity index (χ1v) is 7.85. The first kappa shape index (κ1) is 12.0. The van der Waals surface area contributed by atoms with Crippen LogP contribution in [0, 0.1) is 35.5 Å². The number of rotatable bonds is 0. The molecule has 0 radical (unpaired) electrons. The van der Waals surface area contributed by atoms with Gasteiger partial charge in [-0.1, -0.05) is 26.7 Å². The van der Waals surface area contributed by atoms with Crippen molar-refractivity contribution in [2.75, 3.05) is 0 Å². The van der Waals surface area contributed by atoms with Crippen molar-refractivity contribution in [3.8, 4) is 0 Å². The maximum absolute atomic E-state index is 10.3. The Hall–Kier alpha value is -0.0400. The van der Waals surface area contributed by atoms with Crippen LogP contribution in [0.1, 0.15) is 58.8 Å². The predicted octanol–water partition coefficient (Wildman–Crippen LogP) is 3.86. The van der Waals surface area contributed by atoms with E-state index in [1.807, 2.05) is 0 Å². The topological polar surface area (TPSA) is 20.2 Å². The standard InChI is InChI=1S/C16H28O/c1-10-8-15-13-5-3-4-11(2)12(13)6-7-14(15)16(17)9-10/h10-17H,3-9H2,1-2H3/t10?,11-,12+,13?,14?,15-,16+/m0/s1. The number of fused-ring (bicyclic) bond motifs is 3. The molecule has 0 aliphatic heterocycles. The molecule has 0 bridgehead atoms. The minimum Gasteiger partial charge on any atom is -0.393 e. The quantitative estimate of drug-likeness (QED) is 0.677. The summed E-state index contributed by atoms with van der Waals surface area (Å²) in [5.41, 5.74) is 0. The largest absolute Gasteiger partial charge is 0.393 e. The Morgan fingerprint density at radius 3 is 2.35 bits per heavy atom. The fraction of sp³-hybridized carbons (Fsp3) is 1.00. The maximum atomic E-state index is 10.3. The molecule has 0 aromatic heterocycles. The van der Waals surface area contributed by atoms with Gasteiger partial charge in [-0.05, 0) is 67.6 Å². The van der Waals surface area contributed by atoms with Gasteiger partial charge in [0, 0.05) is 0 Å². The maximum Gasteiger partial charge on any atom is 0.0573 e. The summed E-state index contributed by atoms with van der Waals surface area (Å²) in [7, 11) is 0. The van der Waals surface area contributed by atoms with Crippen LogP contribution in [0.15, 0.2) is 0 Å². The molecular weight excluding hydrogens is 208 g/mol. The van der Waals surface area contributed by atoms with E-state index in [2.05, 4.69) is 13.8 Å². The van der Waals surface area contributed by atoms with E-state index in [1.165, 1.54) is 38.5 Å². The van der Waals surface area contributed by atoms with E-state index in [0.717, 1.165) is 36.0 Å². The Morgan fingerprint density at radius 1 is 0.765 bits per heavy atom. The summed E-state index contributed by atoms with van der Waals surface area (Å²) < 4.78 is 0. The summed E-state index contributed by atoms with van der Waals surface area (Å²) in [6.45, 7) is 4.81. The molecule has 98 valence electrons. The van der Waals surface area contributed by atoms with E-state index in [-0.39, 0.29) is 6.10 Å². The fourth-order valence-corrected chi connectivity index (χ4v) is 5.45. The molecule has 1 heteroatoms. The zero-order chi connectivity index (χ0) is 12.0. The summed E-state index contributed by atoms with van der Waals surface area (Å²) >= 11 is 0. The molecule has 0 aromatic carbocycles. The van der Waals surface area contributed by atoms with E-state index in [0.29, 0.717) is 5.92 Å². The van der Waals surface area contributed by atoms with Crippen molar-refractivity contribution < 1.29 is 5.11 Å². The minimum atomic E-state index is 0.0157. The first-order chi connectivity index (χ1) is 8.16. The van der Waals surface area contributed by atoms with Crippen molar-refractivity contribution in [2.24, 2.45) is 35.5 Å². The Bertz CT molecular complexity index is 275. The third-order valence-electron chi connectivity index (χ3n) is 6.22. The van der Waals surface area contributed by atoms with E-state index in [9.17, 15) is 5.11 Å². The third kappa shape index (κ3) is 2.05. The average Bonchev–Trinajstić information content (AvgIpc) is 2.29. The molecule has 0 heterocycles. The lowest BCUT2D eigenvalue weighted by atomic mass is 9.54. The first-order valence-electron chi connectivity index (χ1n) is 7.85. The molecule has 0 aromatic rings. The van der Waals surface area contributed by atoms with Crippen molar-refractivity contribution in [2.45, 2.75) is 64.9 Å². The molecule has 3 unspecified atom stereocenters. The van der Waals surface area contributed by atoms with Gasteiger partial charge < -0.3 is 5.11 Å². The van der Waals surface area contributed by atoms with E-state index < -0.39 is 0 Å². The van der Waals surface area contributed by atoms with Gasteiger partial charge in [-0.15, -0.1) is 0 Å². The van der Waals surface area contributed by atoms with Crippen LogP contribution >= 0.6 is 0 Å². The summed E-state index contributed by atoms with van der Waals surface area (Å²) in [5.74, 6) is 5.15. The normalized spacial score (nSPS) is 54.9. The van der Waals surface area contributed by atoms with Gasteiger partial charge in [-0.3, -0.25) is 0 Å². The highest BCUT2D eigenvalue weighted by Gasteiger charge is 2.47. The number of hydrogen-bond acceptors (Lipinski definition) is 1. The molecular formula is C16H28O. The Balaban J connectivity index is 1.80. The number of hydrogen-bond donors (Lipinski definition) is 1. The molecule has 0 spiro atoms. The van der Waals surface area contributed by atoms with Crippen molar-refractivity contribution in [1.82, 2.24) is 0 Å². The lowest BCUT2D eigenvalue weighted by Gasteiger charge is -2.52. The molecule has 3 aliphatic rings. The summed E-state index contributed by atoms with van der Waals surface area (Å²) in [6, 6.07) is 0. The predicted molar refractivity (Wildman–Crippen MR) is 70.6 cm³/mol. The molecule has 1 N–H and O–H groups in total. The van der Waals surface area contributed by atoms with Crippen LogP contribution in [0.2, 0.25) is 0 Å². The van der Waals surface area contributed by atoms with Gasteiger partial charge in [0.05, 0.1) is 6.10 Å². The summed E-state index contributed by atoms with van der Waals surface area (Å²) in [4.78, 5) is 0. The van der Waals surface area contributed by atoms with E-state index >= 15 is 0 Å². The smallest absolute Gasteiger partial charge is 0.0573 e. The van der Waals surface area contributed by atoms with Gasteiger partial charge in [-0.25, -0.2) is 0 Å². The molecule has 0 amide bonds. The van der Waals surface area contributed by atoms with Gasteiger partial charge in [0.2, 0.25) is 0 Å². The van der Waals surface area contributed by atoms with Gasteiger partial charge >= 0.3 is 0 Å². The molecule has 3 saturated carbocycles. The Morgan fingerprint density at radius 2 is 1.53 bits per heavy atom. The second-order valence-electron chi connectivity index (χ2n) is 7.28. The van der Waals surface area contributed by atoms with E-state index in [1.54, 1.807) is 0 Å². The second kappa shape index (κ2) is 4.57. The van der Waals surface area contributed by atoms with Gasteiger partial charge in [0.15, 0.2) is 0 Å². The minimum absolute atomic E-state index is 0.0157. The second-order valence-corrected chi connectivity index (χ2v) is 7.28. The van der Waals surface area contributed by atoms with Crippen molar-refractivity contribution in [3.05, 3.63) is 0 Å². The highest BCUT2D eigenvalue weighted by Crippen LogP contribution is 2.53. The highest BCUT2D eigenvalue weighted by molar-refractivity contribution is 4.97. The fourth-order valence-electron chi connectivity index (χ4n) is 5.45. The molecule has 3 aliphatic carbocycles. The van der Waals surface area contributed by atoms with Crippen molar-refractivity contribution in [3.63, 3.8) is 0 Å². The van der Waals surface area contributed by atoms with Gasteiger partial charge in [0.1, 0.15) is 0 Å². The van der Waals surface area contributed by atoms with Crippen LogP contribution in [0.5, 0.6) is 0 Å². The number of aliphatic hydroxyl groups is 1. The third-order valence-corrected chi connectivity index (χ3v) is 6.22. The monoisotopic (exact) mass is 236 g/mol. The van der Waals surface area contributed by atoms with Gasteiger partial charge in [-0.2, -0.15) is 0 Å². The lowest BCUT2D eigenvalue weighted by molar-refractivity contribution is -0.0739. The van der Waals surface area contributed by atoms with E-state index in [4.69, 9.17) is 0 Å². The Kier molecular flexibility index (Phi) is 3.23. The van der Waals surface area contributed by atoms with Crippen LogP contribution < -0.4 is 0 Å². The van der Waals surface area contributed by atoms with Gasteiger partial charge in [0.25, 0.3) is 0 Å². The average molecular weight is 236 g/mol. The molecule has 17 heavy (non-hydrogen) atoms. The zero-order valence-electron chi connectivity index (χ0n) is 11.4. The molecule has 3 rings (SSSR count). The van der Waals surface area contributed by atoms with Crippen LogP contribution in [0.4, 0.5) is 0 Å². The molecule has 3 fully saturated rings. The van der Waals surface area contributed by atoms with Crippen LogP contribution in [0.3, 0.4) is 0 Å². The number of aliphatic hydroxyl groups excluding tert-OH is 1. The van der Waals surface area contributed by atoms with Crippen molar-refractivity contribution in [1.29, 1.82) is 0 Å². The summed E-state index contributed by atoms with van der Waals surface area (Å²) in [5, 5.41) is 10.3. The van der Waals surface area contributed by atoms with Crippen LogP contribution in [-0.4, -0.2) is 11.2 Å². The van der Waals surface area contributed by atoms with Crippen LogP contribution in [-0.2, 0) is 0 Å². The lowest BCUT2D eigenvalue weighted by Crippen LogP contribution is -2.47. The zero-order valence-corrected chi connectivity index (χ0v) is 11.4. The summed E-state index contributed by atoms with van der Waals surface area (Å²) in [6.07, 6.45) is 9.54.